The summed E-state index contributed by atoms with van der Waals surface area (Å²) in [7, 11) is 3.18. The van der Waals surface area contributed by atoms with Crippen molar-refractivity contribution in [3.05, 3.63) is 35.6 Å². The van der Waals surface area contributed by atoms with E-state index in [9.17, 15) is 9.18 Å². The van der Waals surface area contributed by atoms with Gasteiger partial charge in [-0.2, -0.15) is 0 Å². The zero-order valence-electron chi connectivity index (χ0n) is 9.74. The fraction of sp³-hybridized carbons (Fsp3) is 0.417. The molecule has 0 saturated heterocycles. The molecule has 1 aromatic carbocycles. The Balaban J connectivity index is 2.66. The van der Waals surface area contributed by atoms with E-state index >= 15 is 0 Å². The van der Waals surface area contributed by atoms with Crippen LogP contribution in [0.3, 0.4) is 0 Å². The maximum absolute atomic E-state index is 12.7. The number of methoxy groups -OCH3 is 1. The van der Waals surface area contributed by atoms with Crippen molar-refractivity contribution in [3.8, 4) is 0 Å². The molecule has 16 heavy (non-hydrogen) atoms. The first kappa shape index (κ1) is 12.6. The Morgan fingerprint density at radius 1 is 1.44 bits per heavy atom. The molecule has 1 rings (SSSR count). The Morgan fingerprint density at radius 3 is 2.50 bits per heavy atom. The average Bonchev–Trinajstić information content (AvgIpc) is 2.28. The summed E-state index contributed by atoms with van der Waals surface area (Å²) in [6.45, 7) is 2.17. The summed E-state index contributed by atoms with van der Waals surface area (Å²) >= 11 is 0. The van der Waals surface area contributed by atoms with E-state index in [1.807, 2.05) is 18.9 Å². The van der Waals surface area contributed by atoms with E-state index < -0.39 is 0 Å². The van der Waals surface area contributed by atoms with Crippen LogP contribution in [0.2, 0.25) is 0 Å². The molecular weight excluding hydrogens is 209 g/mol. The quantitative estimate of drug-likeness (QED) is 0.734. The van der Waals surface area contributed by atoms with Crippen LogP contribution in [0.5, 0.6) is 0 Å². The van der Waals surface area contributed by atoms with E-state index in [0.717, 1.165) is 5.56 Å². The van der Waals surface area contributed by atoms with Gasteiger partial charge in [-0.25, -0.2) is 4.39 Å². The lowest BCUT2D eigenvalue weighted by Crippen LogP contribution is -2.29. The van der Waals surface area contributed by atoms with Crippen molar-refractivity contribution in [3.63, 3.8) is 0 Å². The fourth-order valence-corrected chi connectivity index (χ4v) is 1.40. The monoisotopic (exact) mass is 225 g/mol. The molecular formula is C12H16FNO2. The van der Waals surface area contributed by atoms with E-state index in [1.165, 1.54) is 19.2 Å². The summed E-state index contributed by atoms with van der Waals surface area (Å²) in [5, 5.41) is 0. The van der Waals surface area contributed by atoms with Gasteiger partial charge in [0, 0.05) is 6.04 Å². The number of carbonyl (C=O) groups excluding carboxylic acids is 1. The van der Waals surface area contributed by atoms with Crippen LogP contribution in [0.15, 0.2) is 24.3 Å². The van der Waals surface area contributed by atoms with Crippen LogP contribution in [0.25, 0.3) is 0 Å². The Labute approximate surface area is 94.8 Å². The first-order valence-electron chi connectivity index (χ1n) is 5.07. The topological polar surface area (TPSA) is 29.5 Å². The van der Waals surface area contributed by atoms with Gasteiger partial charge in [0.25, 0.3) is 0 Å². The van der Waals surface area contributed by atoms with Gasteiger partial charge in [-0.05, 0) is 31.7 Å². The second kappa shape index (κ2) is 5.61. The number of esters is 1. The van der Waals surface area contributed by atoms with E-state index in [-0.39, 0.29) is 24.4 Å². The van der Waals surface area contributed by atoms with Gasteiger partial charge in [-0.3, -0.25) is 9.69 Å². The third kappa shape index (κ3) is 3.31. The number of nitrogens with zero attached hydrogens (tertiary/aromatic N) is 1. The van der Waals surface area contributed by atoms with Crippen molar-refractivity contribution in [1.29, 1.82) is 0 Å². The van der Waals surface area contributed by atoms with Gasteiger partial charge >= 0.3 is 5.97 Å². The van der Waals surface area contributed by atoms with Crippen LogP contribution in [0.4, 0.5) is 4.39 Å². The smallest absolute Gasteiger partial charge is 0.319 e. The van der Waals surface area contributed by atoms with Crippen molar-refractivity contribution >= 4 is 5.97 Å². The molecule has 0 aliphatic heterocycles. The minimum Gasteiger partial charge on any atom is -0.468 e. The molecule has 0 fully saturated rings. The molecule has 0 aliphatic rings. The maximum Gasteiger partial charge on any atom is 0.319 e. The molecule has 1 aromatic rings. The second-order valence-corrected chi connectivity index (χ2v) is 3.72. The lowest BCUT2D eigenvalue weighted by molar-refractivity contribution is -0.142. The van der Waals surface area contributed by atoms with Crippen LogP contribution in [0.1, 0.15) is 18.5 Å². The fourth-order valence-electron chi connectivity index (χ4n) is 1.40. The van der Waals surface area contributed by atoms with E-state index in [0.29, 0.717) is 0 Å². The van der Waals surface area contributed by atoms with Crippen molar-refractivity contribution in [2.75, 3.05) is 20.7 Å². The molecule has 0 aromatic heterocycles. The Morgan fingerprint density at radius 2 is 2.00 bits per heavy atom. The van der Waals surface area contributed by atoms with Gasteiger partial charge in [0.15, 0.2) is 0 Å². The molecule has 0 spiro atoms. The summed E-state index contributed by atoms with van der Waals surface area (Å²) in [6.07, 6.45) is 0. The second-order valence-electron chi connectivity index (χ2n) is 3.72. The van der Waals surface area contributed by atoms with Crippen LogP contribution in [0, 0.1) is 5.82 Å². The molecule has 0 amide bonds. The molecule has 0 saturated carbocycles. The first-order valence-corrected chi connectivity index (χ1v) is 5.07. The maximum atomic E-state index is 12.7. The normalized spacial score (nSPS) is 12.6. The van der Waals surface area contributed by atoms with Gasteiger partial charge in [0.1, 0.15) is 5.82 Å². The summed E-state index contributed by atoms with van der Waals surface area (Å²) in [5.41, 5.74) is 0.966. The molecule has 1 atom stereocenters. The van der Waals surface area contributed by atoms with Gasteiger partial charge in [-0.1, -0.05) is 12.1 Å². The summed E-state index contributed by atoms with van der Waals surface area (Å²) in [4.78, 5) is 12.9. The third-order valence-corrected chi connectivity index (χ3v) is 2.62. The predicted octanol–water partition coefficient (Wildman–Crippen LogP) is 1.99. The number of benzene rings is 1. The molecule has 0 heterocycles. The standard InChI is InChI=1S/C12H16FNO2/c1-9(14(2)8-12(15)16-3)10-4-6-11(13)7-5-10/h4-7,9H,8H2,1-3H3. The molecule has 0 N–H and O–H groups in total. The van der Waals surface area contributed by atoms with Crippen LogP contribution >= 0.6 is 0 Å². The predicted molar refractivity (Wildman–Crippen MR) is 59.5 cm³/mol. The van der Waals surface area contributed by atoms with Gasteiger partial charge in [-0.15, -0.1) is 0 Å². The highest BCUT2D eigenvalue weighted by Gasteiger charge is 2.14. The summed E-state index contributed by atoms with van der Waals surface area (Å²) in [6, 6.07) is 6.30. The number of hydrogen-bond donors (Lipinski definition) is 0. The number of ether oxygens (including phenoxy) is 1. The minimum absolute atomic E-state index is 0.0414. The molecule has 0 bridgehead atoms. The molecule has 4 heteroatoms. The van der Waals surface area contributed by atoms with E-state index in [1.54, 1.807) is 12.1 Å². The zero-order chi connectivity index (χ0) is 12.1. The van der Waals surface area contributed by atoms with Crippen molar-refractivity contribution < 1.29 is 13.9 Å². The van der Waals surface area contributed by atoms with Crippen LogP contribution in [-0.4, -0.2) is 31.6 Å². The molecule has 0 radical (unpaired) electrons. The highest BCUT2D eigenvalue weighted by Crippen LogP contribution is 2.18. The number of hydrogen-bond acceptors (Lipinski definition) is 3. The Hall–Kier alpha value is -1.42. The van der Waals surface area contributed by atoms with E-state index in [4.69, 9.17) is 0 Å². The SMILES string of the molecule is COC(=O)CN(C)C(C)c1ccc(F)cc1. The minimum atomic E-state index is -0.281. The number of carbonyl (C=O) groups is 1. The molecule has 0 aliphatic carbocycles. The Kier molecular flexibility index (Phi) is 4.43. The molecule has 1 unspecified atom stereocenters. The van der Waals surface area contributed by atoms with Crippen LogP contribution < -0.4 is 0 Å². The largest absolute Gasteiger partial charge is 0.468 e. The van der Waals surface area contributed by atoms with Gasteiger partial charge < -0.3 is 4.74 Å². The van der Waals surface area contributed by atoms with Crippen molar-refractivity contribution in [1.82, 2.24) is 4.90 Å². The number of likely N-dealkylation sites (N-methyl/N-ethyl adjacent to an activating group) is 1. The highest BCUT2D eigenvalue weighted by molar-refractivity contribution is 5.71. The average molecular weight is 225 g/mol. The summed E-state index contributed by atoms with van der Waals surface area (Å²) < 4.78 is 17.3. The van der Waals surface area contributed by atoms with Crippen molar-refractivity contribution in [2.45, 2.75) is 13.0 Å². The number of halogens is 1. The first-order chi connectivity index (χ1) is 7.54. The molecule has 88 valence electrons. The van der Waals surface area contributed by atoms with Crippen molar-refractivity contribution in [2.24, 2.45) is 0 Å². The van der Waals surface area contributed by atoms with Gasteiger partial charge in [0.05, 0.1) is 13.7 Å². The highest BCUT2D eigenvalue weighted by atomic mass is 19.1. The third-order valence-electron chi connectivity index (χ3n) is 2.62. The van der Waals surface area contributed by atoms with Crippen LogP contribution in [-0.2, 0) is 9.53 Å². The summed E-state index contributed by atoms with van der Waals surface area (Å²) in [5.74, 6) is -0.539. The lowest BCUT2D eigenvalue weighted by atomic mass is 10.1. The number of rotatable bonds is 4. The molecule has 3 nitrogen and oxygen atoms in total. The van der Waals surface area contributed by atoms with Gasteiger partial charge in [0.2, 0.25) is 0 Å². The zero-order valence-corrected chi connectivity index (χ0v) is 9.74. The Bertz CT molecular complexity index is 351. The van der Waals surface area contributed by atoms with E-state index in [2.05, 4.69) is 4.74 Å². The lowest BCUT2D eigenvalue weighted by Gasteiger charge is -2.23.